The van der Waals surface area contributed by atoms with Crippen LogP contribution in [0.3, 0.4) is 0 Å². The third-order valence-electron chi connectivity index (χ3n) is 7.82. The summed E-state index contributed by atoms with van der Waals surface area (Å²) in [5.74, 6) is -0.223. The number of benzene rings is 2. The predicted molar refractivity (Wildman–Crippen MR) is 143 cm³/mol. The van der Waals surface area contributed by atoms with Gasteiger partial charge < -0.3 is 14.8 Å². The summed E-state index contributed by atoms with van der Waals surface area (Å²) >= 11 is 0. The maximum Gasteiger partial charge on any atom is 0.251 e. The fraction of sp³-hybridized carbons (Fsp3) is 0.467. The molecule has 2 atom stereocenters. The van der Waals surface area contributed by atoms with Gasteiger partial charge in [0.1, 0.15) is 12.4 Å². The standard InChI is InChI=1S/C30H35N3O6/c34-27-9-7-21(30(37)32-27)5-6-22-17-24-16-20(4-8-26(24)28(22)35)19-31-29(36)23-2-1-3-25(18-23)39-15-12-33-10-13-38-14-11-33/h1-4,8,16,18,21-22H,5-7,9-15,17,19H2,(H,31,36)(H,32,34,37). The molecule has 1 aliphatic carbocycles. The minimum Gasteiger partial charge on any atom is -0.492 e. The van der Waals surface area contributed by atoms with Gasteiger partial charge in [0.2, 0.25) is 11.8 Å². The molecule has 0 aromatic heterocycles. The summed E-state index contributed by atoms with van der Waals surface area (Å²) in [6.07, 6.45) is 2.76. The molecule has 39 heavy (non-hydrogen) atoms. The van der Waals surface area contributed by atoms with Gasteiger partial charge in [-0.25, -0.2) is 0 Å². The third kappa shape index (κ3) is 6.91. The summed E-state index contributed by atoms with van der Waals surface area (Å²) in [6, 6.07) is 12.9. The lowest BCUT2D eigenvalue weighted by atomic mass is 9.88. The summed E-state index contributed by atoms with van der Waals surface area (Å²) < 4.78 is 11.2. The number of imide groups is 1. The molecular formula is C30H35N3O6. The molecule has 0 bridgehead atoms. The molecule has 9 heteroatoms. The van der Waals surface area contributed by atoms with Crippen LogP contribution in [-0.2, 0) is 27.3 Å². The summed E-state index contributed by atoms with van der Waals surface area (Å²) in [7, 11) is 0. The number of nitrogens with zero attached hydrogens (tertiary/aromatic N) is 1. The number of carbonyl (C=O) groups is 4. The Hall–Kier alpha value is -3.56. The fourth-order valence-electron chi connectivity index (χ4n) is 5.52. The quantitative estimate of drug-likeness (QED) is 0.451. The lowest BCUT2D eigenvalue weighted by Crippen LogP contribution is -2.40. The minimum absolute atomic E-state index is 0.110. The lowest BCUT2D eigenvalue weighted by molar-refractivity contribution is -0.136. The number of Topliss-reactive ketones (excluding diaryl/α,β-unsaturated/α-hetero) is 1. The van der Waals surface area contributed by atoms with Crippen molar-refractivity contribution in [1.29, 1.82) is 0 Å². The molecule has 0 spiro atoms. The van der Waals surface area contributed by atoms with Crippen LogP contribution in [0, 0.1) is 11.8 Å². The number of ketones is 1. The van der Waals surface area contributed by atoms with Crippen molar-refractivity contribution < 1.29 is 28.7 Å². The smallest absolute Gasteiger partial charge is 0.251 e. The Kier molecular flexibility index (Phi) is 8.68. The van der Waals surface area contributed by atoms with E-state index in [1.807, 2.05) is 30.3 Å². The van der Waals surface area contributed by atoms with Crippen molar-refractivity contribution in [3.05, 3.63) is 64.7 Å². The van der Waals surface area contributed by atoms with Crippen LogP contribution in [-0.4, -0.2) is 67.9 Å². The molecule has 0 saturated carbocycles. The number of carbonyl (C=O) groups excluding carboxylic acids is 4. The zero-order valence-electron chi connectivity index (χ0n) is 22.1. The Morgan fingerprint density at radius 1 is 1.05 bits per heavy atom. The molecule has 5 rings (SSSR count). The SMILES string of the molecule is O=C1CCC(CCC2Cc3cc(CNC(=O)c4cccc(OCCN5CCOCC5)c4)ccc3C2=O)C(=O)N1. The van der Waals surface area contributed by atoms with Gasteiger partial charge in [-0.1, -0.05) is 24.3 Å². The van der Waals surface area contributed by atoms with E-state index in [4.69, 9.17) is 9.47 Å². The monoisotopic (exact) mass is 533 g/mol. The highest BCUT2D eigenvalue weighted by Gasteiger charge is 2.33. The average Bonchev–Trinajstić information content (AvgIpc) is 3.26. The first-order valence-electron chi connectivity index (χ1n) is 13.8. The summed E-state index contributed by atoms with van der Waals surface area (Å²) in [5, 5.41) is 5.36. The van der Waals surface area contributed by atoms with E-state index in [-0.39, 0.29) is 35.3 Å². The Balaban J connectivity index is 1.10. The van der Waals surface area contributed by atoms with Crippen LogP contribution in [0.25, 0.3) is 0 Å². The first kappa shape index (κ1) is 27.0. The van der Waals surface area contributed by atoms with Crippen LogP contribution in [0.5, 0.6) is 5.75 Å². The molecule has 206 valence electrons. The molecular weight excluding hydrogens is 498 g/mol. The molecule has 2 heterocycles. The van der Waals surface area contributed by atoms with Gasteiger partial charge in [-0.2, -0.15) is 0 Å². The Morgan fingerprint density at radius 2 is 1.87 bits per heavy atom. The van der Waals surface area contributed by atoms with E-state index < -0.39 is 0 Å². The van der Waals surface area contributed by atoms with E-state index in [1.165, 1.54) is 0 Å². The van der Waals surface area contributed by atoms with E-state index in [2.05, 4.69) is 15.5 Å². The number of amides is 3. The molecule has 2 unspecified atom stereocenters. The number of hydrogen-bond donors (Lipinski definition) is 2. The maximum absolute atomic E-state index is 12.9. The molecule has 2 N–H and O–H groups in total. The van der Waals surface area contributed by atoms with E-state index >= 15 is 0 Å². The molecule has 2 saturated heterocycles. The highest BCUT2D eigenvalue weighted by Crippen LogP contribution is 2.32. The Labute approximate surface area is 228 Å². The van der Waals surface area contributed by atoms with Gasteiger partial charge in [-0.3, -0.25) is 29.4 Å². The van der Waals surface area contributed by atoms with E-state index in [9.17, 15) is 19.2 Å². The van der Waals surface area contributed by atoms with Gasteiger partial charge in [0.15, 0.2) is 5.78 Å². The lowest BCUT2D eigenvalue weighted by Gasteiger charge is -2.26. The highest BCUT2D eigenvalue weighted by atomic mass is 16.5. The fourth-order valence-corrected chi connectivity index (χ4v) is 5.52. The zero-order chi connectivity index (χ0) is 27.2. The molecule has 9 nitrogen and oxygen atoms in total. The molecule has 2 aliphatic heterocycles. The van der Waals surface area contributed by atoms with Gasteiger partial charge in [0.25, 0.3) is 5.91 Å². The topological polar surface area (TPSA) is 114 Å². The Bertz CT molecular complexity index is 1240. The van der Waals surface area contributed by atoms with Gasteiger partial charge in [0.05, 0.1) is 13.2 Å². The predicted octanol–water partition coefficient (Wildman–Crippen LogP) is 2.52. The normalized spacial score (nSPS) is 21.4. The molecule has 2 aromatic rings. The van der Waals surface area contributed by atoms with Crippen LogP contribution in [0.4, 0.5) is 0 Å². The number of nitrogens with one attached hydrogen (secondary N) is 2. The van der Waals surface area contributed by atoms with Crippen molar-refractivity contribution in [1.82, 2.24) is 15.5 Å². The number of rotatable bonds is 10. The van der Waals surface area contributed by atoms with Gasteiger partial charge >= 0.3 is 0 Å². The van der Waals surface area contributed by atoms with Crippen LogP contribution < -0.4 is 15.4 Å². The molecule has 3 aliphatic rings. The largest absolute Gasteiger partial charge is 0.492 e. The molecule has 0 radical (unpaired) electrons. The van der Waals surface area contributed by atoms with Crippen molar-refractivity contribution >= 4 is 23.5 Å². The number of morpholine rings is 1. The number of piperidine rings is 1. The minimum atomic E-state index is -0.225. The van der Waals surface area contributed by atoms with Crippen LogP contribution in [0.2, 0.25) is 0 Å². The van der Waals surface area contributed by atoms with Crippen molar-refractivity contribution in [2.75, 3.05) is 39.5 Å². The number of hydrogen-bond acceptors (Lipinski definition) is 7. The average molecular weight is 534 g/mol. The van der Waals surface area contributed by atoms with E-state index in [0.717, 1.165) is 49.5 Å². The highest BCUT2D eigenvalue weighted by molar-refractivity contribution is 6.02. The second-order valence-corrected chi connectivity index (χ2v) is 10.5. The second kappa shape index (κ2) is 12.5. The number of fused-ring (bicyclic) bond motifs is 1. The van der Waals surface area contributed by atoms with E-state index in [0.29, 0.717) is 56.6 Å². The van der Waals surface area contributed by atoms with Crippen molar-refractivity contribution in [2.45, 2.75) is 38.6 Å². The summed E-state index contributed by atoms with van der Waals surface area (Å²) in [4.78, 5) is 51.4. The first-order valence-corrected chi connectivity index (χ1v) is 13.8. The first-order chi connectivity index (χ1) is 19.0. The second-order valence-electron chi connectivity index (χ2n) is 10.5. The Morgan fingerprint density at radius 3 is 2.69 bits per heavy atom. The van der Waals surface area contributed by atoms with Crippen molar-refractivity contribution in [3.8, 4) is 5.75 Å². The van der Waals surface area contributed by atoms with Crippen molar-refractivity contribution in [3.63, 3.8) is 0 Å². The van der Waals surface area contributed by atoms with Gasteiger partial charge in [-0.05, 0) is 55.0 Å². The third-order valence-corrected chi connectivity index (χ3v) is 7.82. The van der Waals surface area contributed by atoms with Gasteiger partial charge in [0, 0.05) is 55.6 Å². The molecule has 3 amide bonds. The maximum atomic E-state index is 12.9. The van der Waals surface area contributed by atoms with Crippen LogP contribution >= 0.6 is 0 Å². The van der Waals surface area contributed by atoms with Crippen molar-refractivity contribution in [2.24, 2.45) is 11.8 Å². The summed E-state index contributed by atoms with van der Waals surface area (Å²) in [5.41, 5.74) is 3.17. The van der Waals surface area contributed by atoms with E-state index in [1.54, 1.807) is 12.1 Å². The molecule has 2 fully saturated rings. The van der Waals surface area contributed by atoms with Crippen LogP contribution in [0.1, 0.15) is 57.5 Å². The van der Waals surface area contributed by atoms with Gasteiger partial charge in [-0.15, -0.1) is 0 Å². The number of ether oxygens (including phenoxy) is 2. The van der Waals surface area contributed by atoms with Crippen LogP contribution in [0.15, 0.2) is 42.5 Å². The summed E-state index contributed by atoms with van der Waals surface area (Å²) in [6.45, 7) is 5.04. The molecule has 2 aromatic carbocycles. The zero-order valence-corrected chi connectivity index (χ0v) is 22.1.